The van der Waals surface area contributed by atoms with Crippen LogP contribution in [0.4, 0.5) is 5.69 Å². The molecule has 1 aliphatic heterocycles. The number of ether oxygens (including phenoxy) is 1. The quantitative estimate of drug-likeness (QED) is 0.856. The maximum atomic E-state index is 11.5. The minimum Gasteiger partial charge on any atom is -0.492 e. The Hall–Kier alpha value is -2.50. The molecule has 1 N–H and O–H groups in total. The average molecular weight is 245 g/mol. The Morgan fingerprint density at radius 3 is 2.83 bits per heavy atom. The van der Waals surface area contributed by atoms with Crippen LogP contribution in [0.15, 0.2) is 34.3 Å². The van der Waals surface area contributed by atoms with E-state index in [1.807, 2.05) is 6.92 Å². The van der Waals surface area contributed by atoms with Crippen LogP contribution in [0.2, 0.25) is 0 Å². The van der Waals surface area contributed by atoms with Gasteiger partial charge in [0.1, 0.15) is 11.4 Å². The number of para-hydroxylation sites is 2. The van der Waals surface area contributed by atoms with E-state index in [0.717, 1.165) is 6.34 Å². The Kier molecular flexibility index (Phi) is 3.47. The highest BCUT2D eigenvalue weighted by Gasteiger charge is 2.23. The van der Waals surface area contributed by atoms with Crippen molar-refractivity contribution < 1.29 is 14.3 Å². The molecule has 0 radical (unpaired) electrons. The number of carbonyl (C=O) groups is 2. The van der Waals surface area contributed by atoms with Crippen molar-refractivity contribution in [2.45, 2.75) is 6.92 Å². The lowest BCUT2D eigenvalue weighted by molar-refractivity contribution is -0.117. The summed E-state index contributed by atoms with van der Waals surface area (Å²) in [6.07, 6.45) is 1.05. The predicted octanol–water partition coefficient (Wildman–Crippen LogP) is 0.842. The fourth-order valence-corrected chi connectivity index (χ4v) is 1.42. The Labute approximate surface area is 103 Å². The molecule has 0 atom stereocenters. The Morgan fingerprint density at radius 2 is 2.11 bits per heavy atom. The van der Waals surface area contributed by atoms with Crippen molar-refractivity contribution in [3.63, 3.8) is 0 Å². The number of nitrogens with one attached hydrogen (secondary N) is 1. The Morgan fingerprint density at radius 1 is 1.33 bits per heavy atom. The third-order valence-electron chi connectivity index (χ3n) is 2.19. The summed E-state index contributed by atoms with van der Waals surface area (Å²) >= 11 is 0. The summed E-state index contributed by atoms with van der Waals surface area (Å²) in [6, 6.07) is 6.92. The van der Waals surface area contributed by atoms with E-state index >= 15 is 0 Å². The van der Waals surface area contributed by atoms with Gasteiger partial charge in [-0.15, -0.1) is 0 Å². The van der Waals surface area contributed by atoms with Crippen LogP contribution in [0.1, 0.15) is 6.92 Å². The third kappa shape index (κ3) is 2.42. The zero-order valence-electron chi connectivity index (χ0n) is 9.71. The van der Waals surface area contributed by atoms with Gasteiger partial charge in [0.2, 0.25) is 0 Å². The number of benzene rings is 1. The molecule has 2 amide bonds. The molecular formula is C12H11N3O3. The van der Waals surface area contributed by atoms with E-state index in [2.05, 4.69) is 15.3 Å². The lowest BCUT2D eigenvalue weighted by Gasteiger charge is -2.09. The van der Waals surface area contributed by atoms with E-state index in [-0.39, 0.29) is 5.71 Å². The second kappa shape index (κ2) is 5.22. The maximum Gasteiger partial charge on any atom is 0.302 e. The first-order valence-corrected chi connectivity index (χ1v) is 5.40. The molecule has 6 heteroatoms. The standard InChI is InChI=1S/C12H11N3O3/c1-2-18-9-6-4-3-5-8(9)15-10-11(16)13-7-14-12(10)17/h3-7H,2H2,1H3,(H,13,14,16,17). The van der Waals surface area contributed by atoms with Gasteiger partial charge in [0.25, 0.3) is 5.91 Å². The summed E-state index contributed by atoms with van der Waals surface area (Å²) in [5.74, 6) is -0.714. The topological polar surface area (TPSA) is 80.1 Å². The maximum absolute atomic E-state index is 11.5. The Bertz CT molecular complexity index is 549. The lowest BCUT2D eigenvalue weighted by atomic mass is 10.2. The number of nitrogens with zero attached hydrogens (tertiary/aromatic N) is 2. The molecule has 0 spiro atoms. The van der Waals surface area contributed by atoms with Crippen LogP contribution in [0, 0.1) is 0 Å². The Balaban J connectivity index is 2.40. The molecule has 0 aromatic heterocycles. The van der Waals surface area contributed by atoms with E-state index in [4.69, 9.17) is 4.74 Å². The summed E-state index contributed by atoms with van der Waals surface area (Å²) in [5, 5.41) is 2.31. The molecule has 0 saturated heterocycles. The molecule has 2 rings (SSSR count). The monoisotopic (exact) mass is 245 g/mol. The van der Waals surface area contributed by atoms with E-state index in [0.29, 0.717) is 18.0 Å². The summed E-state index contributed by atoms with van der Waals surface area (Å²) in [4.78, 5) is 30.4. The van der Waals surface area contributed by atoms with Gasteiger partial charge in [0.05, 0.1) is 12.9 Å². The molecule has 0 fully saturated rings. The number of rotatable bonds is 3. The summed E-state index contributed by atoms with van der Waals surface area (Å²) < 4.78 is 5.36. The minimum atomic E-state index is -0.662. The van der Waals surface area contributed by atoms with Gasteiger partial charge in [-0.3, -0.25) is 9.59 Å². The molecule has 1 aromatic rings. The van der Waals surface area contributed by atoms with Crippen LogP contribution >= 0.6 is 0 Å². The zero-order chi connectivity index (χ0) is 13.0. The fourth-order valence-electron chi connectivity index (χ4n) is 1.42. The van der Waals surface area contributed by atoms with Crippen LogP contribution < -0.4 is 10.1 Å². The minimum absolute atomic E-state index is 0.246. The van der Waals surface area contributed by atoms with Gasteiger partial charge in [-0.1, -0.05) is 12.1 Å². The van der Waals surface area contributed by atoms with E-state index < -0.39 is 11.8 Å². The molecule has 0 bridgehead atoms. The second-order valence-corrected chi connectivity index (χ2v) is 3.40. The molecule has 0 aliphatic carbocycles. The number of amides is 2. The molecule has 1 aromatic carbocycles. The highest BCUT2D eigenvalue weighted by molar-refractivity contribution is 6.68. The molecule has 0 saturated carbocycles. The van der Waals surface area contributed by atoms with Crippen molar-refractivity contribution in [1.82, 2.24) is 5.32 Å². The van der Waals surface area contributed by atoms with Crippen molar-refractivity contribution in [2.24, 2.45) is 9.98 Å². The van der Waals surface area contributed by atoms with Crippen LogP contribution in [-0.2, 0) is 9.59 Å². The summed E-state index contributed by atoms with van der Waals surface area (Å²) in [7, 11) is 0. The molecule has 1 heterocycles. The largest absolute Gasteiger partial charge is 0.492 e. The molecule has 6 nitrogen and oxygen atoms in total. The van der Waals surface area contributed by atoms with Gasteiger partial charge in [-0.25, -0.2) is 4.99 Å². The number of carbonyl (C=O) groups excluding carboxylic acids is 2. The van der Waals surface area contributed by atoms with Gasteiger partial charge in [0.15, 0.2) is 5.71 Å². The first-order valence-electron chi connectivity index (χ1n) is 5.40. The highest BCUT2D eigenvalue weighted by atomic mass is 16.5. The lowest BCUT2D eigenvalue weighted by Crippen LogP contribution is -2.38. The molecular weight excluding hydrogens is 234 g/mol. The zero-order valence-corrected chi connectivity index (χ0v) is 9.71. The van der Waals surface area contributed by atoms with Crippen LogP contribution in [0.25, 0.3) is 0 Å². The van der Waals surface area contributed by atoms with Gasteiger partial charge in [0, 0.05) is 0 Å². The SMILES string of the molecule is CCOc1ccccc1N=C1C(=O)N=CNC1=O. The molecule has 0 unspecified atom stereocenters. The number of hydrogen-bond acceptors (Lipinski definition) is 4. The van der Waals surface area contributed by atoms with E-state index in [1.54, 1.807) is 24.3 Å². The normalized spacial score (nSPS) is 16.8. The van der Waals surface area contributed by atoms with Crippen molar-refractivity contribution in [3.8, 4) is 5.75 Å². The van der Waals surface area contributed by atoms with Gasteiger partial charge in [-0.05, 0) is 19.1 Å². The van der Waals surface area contributed by atoms with Crippen molar-refractivity contribution in [1.29, 1.82) is 0 Å². The van der Waals surface area contributed by atoms with Crippen molar-refractivity contribution >= 4 is 29.6 Å². The van der Waals surface area contributed by atoms with Gasteiger partial charge in [-0.2, -0.15) is 4.99 Å². The van der Waals surface area contributed by atoms with Crippen LogP contribution in [-0.4, -0.2) is 30.5 Å². The molecule has 18 heavy (non-hydrogen) atoms. The van der Waals surface area contributed by atoms with Crippen molar-refractivity contribution in [3.05, 3.63) is 24.3 Å². The van der Waals surface area contributed by atoms with Crippen molar-refractivity contribution in [2.75, 3.05) is 6.61 Å². The first kappa shape index (κ1) is 12.0. The fraction of sp³-hybridized carbons (Fsp3) is 0.167. The van der Waals surface area contributed by atoms with E-state index in [9.17, 15) is 9.59 Å². The molecule has 92 valence electrons. The smallest absolute Gasteiger partial charge is 0.302 e. The highest BCUT2D eigenvalue weighted by Crippen LogP contribution is 2.27. The predicted molar refractivity (Wildman–Crippen MR) is 66.3 cm³/mol. The van der Waals surface area contributed by atoms with Crippen LogP contribution in [0.5, 0.6) is 5.75 Å². The van der Waals surface area contributed by atoms with Gasteiger partial charge >= 0.3 is 5.91 Å². The van der Waals surface area contributed by atoms with Gasteiger partial charge < -0.3 is 10.1 Å². The average Bonchev–Trinajstić information content (AvgIpc) is 2.36. The number of hydrogen-bond donors (Lipinski definition) is 1. The number of aliphatic imine (C=N–C) groups is 2. The van der Waals surface area contributed by atoms with E-state index in [1.165, 1.54) is 0 Å². The second-order valence-electron chi connectivity index (χ2n) is 3.40. The van der Waals surface area contributed by atoms with Crippen LogP contribution in [0.3, 0.4) is 0 Å². The summed E-state index contributed by atoms with van der Waals surface area (Å²) in [6.45, 7) is 2.31. The third-order valence-corrected chi connectivity index (χ3v) is 2.19. The molecule has 1 aliphatic rings. The summed E-state index contributed by atoms with van der Waals surface area (Å²) in [5.41, 5.74) is 0.180. The first-order chi connectivity index (χ1) is 8.72.